The maximum atomic E-state index is 12.6. The molecule has 1 aliphatic rings. The second-order valence-corrected chi connectivity index (χ2v) is 6.18. The molecular formula is C17H21N5O3. The number of amides is 1. The van der Waals surface area contributed by atoms with Gasteiger partial charge in [0.25, 0.3) is 0 Å². The molecule has 0 radical (unpaired) electrons. The summed E-state index contributed by atoms with van der Waals surface area (Å²) in [6, 6.07) is 9.44. The Balaban J connectivity index is 1.64. The standard InChI is InChI=1S/C17H21N5O3/c23-15(21-11-5-4-8-14(21)9-10-16(24)25)12-22-19-17(18-20-22)13-6-2-1-3-7-13/h1-3,6-7,14H,4-5,8-12H2,(H,24,25). The largest absolute Gasteiger partial charge is 0.481 e. The Labute approximate surface area is 145 Å². The number of aromatic nitrogens is 4. The van der Waals surface area contributed by atoms with Gasteiger partial charge >= 0.3 is 5.97 Å². The molecule has 0 bridgehead atoms. The lowest BCUT2D eigenvalue weighted by molar-refractivity contribution is -0.140. The first kappa shape index (κ1) is 17.1. The molecule has 0 aliphatic carbocycles. The molecule has 1 N–H and O–H groups in total. The van der Waals surface area contributed by atoms with Gasteiger partial charge in [-0.15, -0.1) is 10.2 Å². The van der Waals surface area contributed by atoms with Gasteiger partial charge in [0.1, 0.15) is 6.54 Å². The van der Waals surface area contributed by atoms with E-state index >= 15 is 0 Å². The molecule has 1 amide bonds. The highest BCUT2D eigenvalue weighted by Gasteiger charge is 2.27. The summed E-state index contributed by atoms with van der Waals surface area (Å²) in [5.74, 6) is -0.440. The molecule has 1 aromatic heterocycles. The van der Waals surface area contributed by atoms with Crippen molar-refractivity contribution >= 4 is 11.9 Å². The van der Waals surface area contributed by atoms with E-state index < -0.39 is 5.97 Å². The molecule has 1 atom stereocenters. The molecule has 8 heteroatoms. The molecule has 8 nitrogen and oxygen atoms in total. The minimum atomic E-state index is -0.830. The molecule has 132 valence electrons. The molecule has 1 fully saturated rings. The molecule has 0 saturated carbocycles. The lowest BCUT2D eigenvalue weighted by Gasteiger charge is -2.35. The molecule has 1 saturated heterocycles. The Morgan fingerprint density at radius 2 is 2.00 bits per heavy atom. The van der Waals surface area contributed by atoms with Crippen molar-refractivity contribution in [2.24, 2.45) is 0 Å². The van der Waals surface area contributed by atoms with Crippen molar-refractivity contribution in [1.82, 2.24) is 25.1 Å². The van der Waals surface area contributed by atoms with Crippen LogP contribution in [-0.4, -0.2) is 54.7 Å². The third-order valence-electron chi connectivity index (χ3n) is 4.40. The number of carboxylic acids is 1. The van der Waals surface area contributed by atoms with Crippen LogP contribution in [-0.2, 0) is 16.1 Å². The third kappa shape index (κ3) is 4.40. The molecule has 1 aromatic carbocycles. The van der Waals surface area contributed by atoms with Crippen molar-refractivity contribution in [1.29, 1.82) is 0 Å². The molecule has 3 rings (SSSR count). The Kier molecular flexibility index (Phi) is 5.37. The van der Waals surface area contributed by atoms with Gasteiger partial charge in [0.15, 0.2) is 0 Å². The lowest BCUT2D eigenvalue weighted by atomic mass is 9.98. The van der Waals surface area contributed by atoms with Crippen LogP contribution in [0.5, 0.6) is 0 Å². The molecule has 1 unspecified atom stereocenters. The Morgan fingerprint density at radius 1 is 1.20 bits per heavy atom. The van der Waals surface area contributed by atoms with E-state index in [2.05, 4.69) is 15.4 Å². The Hall–Kier alpha value is -2.77. The van der Waals surface area contributed by atoms with Gasteiger partial charge in [0.05, 0.1) is 0 Å². The first-order valence-electron chi connectivity index (χ1n) is 8.48. The number of carbonyl (C=O) groups excluding carboxylic acids is 1. The first-order valence-corrected chi connectivity index (χ1v) is 8.48. The maximum absolute atomic E-state index is 12.6. The number of hydrogen-bond acceptors (Lipinski definition) is 5. The molecule has 0 spiro atoms. The van der Waals surface area contributed by atoms with Crippen molar-refractivity contribution in [2.75, 3.05) is 6.54 Å². The SMILES string of the molecule is O=C(O)CCC1CCCCN1C(=O)Cn1nnc(-c2ccccc2)n1. The first-order chi connectivity index (χ1) is 12.1. The van der Waals surface area contributed by atoms with Gasteiger partial charge in [-0.25, -0.2) is 0 Å². The van der Waals surface area contributed by atoms with Gasteiger partial charge in [-0.3, -0.25) is 9.59 Å². The van der Waals surface area contributed by atoms with E-state index in [4.69, 9.17) is 5.11 Å². The van der Waals surface area contributed by atoms with Gasteiger partial charge in [-0.2, -0.15) is 4.80 Å². The molecule has 2 aromatic rings. The predicted molar refractivity (Wildman–Crippen MR) is 89.5 cm³/mol. The number of carboxylic acid groups (broad SMARTS) is 1. The maximum Gasteiger partial charge on any atom is 0.303 e. The van der Waals surface area contributed by atoms with E-state index in [-0.39, 0.29) is 24.9 Å². The lowest BCUT2D eigenvalue weighted by Crippen LogP contribution is -2.45. The Bertz CT molecular complexity index is 731. The highest BCUT2D eigenvalue weighted by Crippen LogP contribution is 2.21. The topological polar surface area (TPSA) is 101 Å². The number of aliphatic carboxylic acids is 1. The number of piperidine rings is 1. The summed E-state index contributed by atoms with van der Waals surface area (Å²) < 4.78 is 0. The zero-order chi connectivity index (χ0) is 17.6. The van der Waals surface area contributed by atoms with Crippen molar-refractivity contribution in [2.45, 2.75) is 44.7 Å². The highest BCUT2D eigenvalue weighted by atomic mass is 16.4. The minimum absolute atomic E-state index is 0.0173. The Morgan fingerprint density at radius 3 is 2.76 bits per heavy atom. The fourth-order valence-corrected chi connectivity index (χ4v) is 3.14. The summed E-state index contributed by atoms with van der Waals surface area (Å²) >= 11 is 0. The van der Waals surface area contributed by atoms with Crippen molar-refractivity contribution < 1.29 is 14.7 Å². The average molecular weight is 343 g/mol. The number of nitrogens with zero attached hydrogens (tertiary/aromatic N) is 5. The van der Waals surface area contributed by atoms with Crippen LogP contribution < -0.4 is 0 Å². The zero-order valence-corrected chi connectivity index (χ0v) is 13.9. The quantitative estimate of drug-likeness (QED) is 0.854. The van der Waals surface area contributed by atoms with Crippen LogP contribution in [0.4, 0.5) is 0 Å². The fraction of sp³-hybridized carbons (Fsp3) is 0.471. The second kappa shape index (κ2) is 7.87. The smallest absolute Gasteiger partial charge is 0.303 e. The summed E-state index contributed by atoms with van der Waals surface area (Å²) in [7, 11) is 0. The highest BCUT2D eigenvalue weighted by molar-refractivity contribution is 5.76. The normalized spacial score (nSPS) is 17.4. The van der Waals surface area contributed by atoms with Crippen LogP contribution in [0, 0.1) is 0 Å². The van der Waals surface area contributed by atoms with Crippen LogP contribution >= 0.6 is 0 Å². The van der Waals surface area contributed by atoms with E-state index in [9.17, 15) is 9.59 Å². The summed E-state index contributed by atoms with van der Waals surface area (Å²) in [6.07, 6.45) is 3.37. The van der Waals surface area contributed by atoms with E-state index in [1.807, 2.05) is 30.3 Å². The summed E-state index contributed by atoms with van der Waals surface area (Å²) in [5, 5.41) is 21.1. The average Bonchev–Trinajstić information content (AvgIpc) is 3.09. The van der Waals surface area contributed by atoms with Crippen LogP contribution in [0.1, 0.15) is 32.1 Å². The van der Waals surface area contributed by atoms with Gasteiger partial charge in [0, 0.05) is 24.6 Å². The number of hydrogen-bond donors (Lipinski definition) is 1. The molecular weight excluding hydrogens is 322 g/mol. The summed E-state index contributed by atoms with van der Waals surface area (Å²) in [6.45, 7) is 0.673. The van der Waals surface area contributed by atoms with Gasteiger partial charge in [-0.1, -0.05) is 30.3 Å². The monoisotopic (exact) mass is 343 g/mol. The number of tetrazole rings is 1. The zero-order valence-electron chi connectivity index (χ0n) is 13.9. The number of likely N-dealkylation sites (tertiary alicyclic amines) is 1. The van der Waals surface area contributed by atoms with Crippen LogP contribution in [0.25, 0.3) is 11.4 Å². The summed E-state index contributed by atoms with van der Waals surface area (Å²) in [5.41, 5.74) is 0.846. The van der Waals surface area contributed by atoms with Gasteiger partial charge in [0.2, 0.25) is 11.7 Å². The number of carbonyl (C=O) groups is 2. The minimum Gasteiger partial charge on any atom is -0.481 e. The van der Waals surface area contributed by atoms with E-state index in [1.54, 1.807) is 4.90 Å². The van der Waals surface area contributed by atoms with E-state index in [0.717, 1.165) is 24.8 Å². The second-order valence-electron chi connectivity index (χ2n) is 6.18. The summed E-state index contributed by atoms with van der Waals surface area (Å²) in [4.78, 5) is 26.5. The van der Waals surface area contributed by atoms with Crippen LogP contribution in [0.15, 0.2) is 30.3 Å². The fourth-order valence-electron chi connectivity index (χ4n) is 3.14. The molecule has 25 heavy (non-hydrogen) atoms. The van der Waals surface area contributed by atoms with Crippen LogP contribution in [0.2, 0.25) is 0 Å². The van der Waals surface area contributed by atoms with Gasteiger partial charge in [-0.05, 0) is 30.9 Å². The van der Waals surface area contributed by atoms with E-state index in [1.165, 1.54) is 4.80 Å². The van der Waals surface area contributed by atoms with Crippen LogP contribution in [0.3, 0.4) is 0 Å². The third-order valence-corrected chi connectivity index (χ3v) is 4.40. The number of benzene rings is 1. The van der Waals surface area contributed by atoms with Crippen molar-refractivity contribution in [3.63, 3.8) is 0 Å². The van der Waals surface area contributed by atoms with Gasteiger partial charge < -0.3 is 10.0 Å². The predicted octanol–water partition coefficient (Wildman–Crippen LogP) is 1.59. The number of rotatable bonds is 6. The van der Waals surface area contributed by atoms with Crippen molar-refractivity contribution in [3.05, 3.63) is 30.3 Å². The van der Waals surface area contributed by atoms with Crippen molar-refractivity contribution in [3.8, 4) is 11.4 Å². The van der Waals surface area contributed by atoms with E-state index in [0.29, 0.717) is 18.8 Å². The molecule has 2 heterocycles. The molecule has 1 aliphatic heterocycles.